The first-order chi connectivity index (χ1) is 8.02. The van der Waals surface area contributed by atoms with Crippen LogP contribution in [0.2, 0.25) is 5.02 Å². The van der Waals surface area contributed by atoms with Crippen LogP contribution in [0.15, 0.2) is 18.2 Å². The van der Waals surface area contributed by atoms with Crippen molar-refractivity contribution >= 4 is 27.5 Å². The van der Waals surface area contributed by atoms with Crippen LogP contribution in [0.5, 0.6) is 5.75 Å². The highest BCUT2D eigenvalue weighted by molar-refractivity contribution is 9.09. The summed E-state index contributed by atoms with van der Waals surface area (Å²) < 4.78 is 74.3. The molecule has 9 heteroatoms. The van der Waals surface area contributed by atoms with E-state index in [1.807, 2.05) is 0 Å². The summed E-state index contributed by atoms with van der Waals surface area (Å²) in [6.07, 6.45) is -8.52. The van der Waals surface area contributed by atoms with E-state index < -0.39 is 28.7 Å². The van der Waals surface area contributed by atoms with Crippen molar-refractivity contribution in [2.75, 3.05) is 0 Å². The van der Waals surface area contributed by atoms with Gasteiger partial charge in [0.1, 0.15) is 5.75 Å². The summed E-state index contributed by atoms with van der Waals surface area (Å²) in [5.74, 6) is -0.882. The van der Waals surface area contributed by atoms with Gasteiger partial charge in [-0.15, -0.1) is 13.2 Å². The summed E-state index contributed by atoms with van der Waals surface area (Å²) in [7, 11) is 0. The third kappa shape index (κ3) is 3.94. The van der Waals surface area contributed by atoms with E-state index in [0.717, 1.165) is 12.1 Å². The Labute approximate surface area is 111 Å². The van der Waals surface area contributed by atoms with Crippen LogP contribution in [0.3, 0.4) is 0 Å². The minimum absolute atomic E-state index is 0.367. The van der Waals surface area contributed by atoms with Gasteiger partial charge >= 0.3 is 6.36 Å². The van der Waals surface area contributed by atoms with Crippen LogP contribution in [0.4, 0.5) is 26.3 Å². The third-order valence-corrected chi connectivity index (χ3v) is 2.79. The Balaban J connectivity index is 3.16. The number of halogens is 8. The van der Waals surface area contributed by atoms with Gasteiger partial charge in [-0.3, -0.25) is 0 Å². The predicted octanol–water partition coefficient (Wildman–Crippen LogP) is 5.02. The molecule has 1 nitrogen and oxygen atoms in total. The average molecular weight is 357 g/mol. The van der Waals surface area contributed by atoms with E-state index in [4.69, 9.17) is 11.6 Å². The highest BCUT2D eigenvalue weighted by Crippen LogP contribution is 2.42. The first-order valence-electron chi connectivity index (χ1n) is 4.25. The monoisotopic (exact) mass is 356 g/mol. The normalized spacial score (nSPS) is 15.6. The van der Waals surface area contributed by atoms with Gasteiger partial charge in [0.25, 0.3) is 6.43 Å². The smallest absolute Gasteiger partial charge is 0.406 e. The van der Waals surface area contributed by atoms with Gasteiger partial charge in [0.2, 0.25) is 4.58 Å². The lowest BCUT2D eigenvalue weighted by molar-refractivity contribution is -0.274. The Morgan fingerprint density at radius 3 is 2.11 bits per heavy atom. The van der Waals surface area contributed by atoms with Crippen molar-refractivity contribution in [1.29, 1.82) is 0 Å². The van der Waals surface area contributed by atoms with Crippen LogP contribution in [-0.2, 0) is 4.58 Å². The van der Waals surface area contributed by atoms with Crippen LogP contribution in [0, 0.1) is 0 Å². The summed E-state index contributed by atoms with van der Waals surface area (Å²) in [4.78, 5) is 0. The summed E-state index contributed by atoms with van der Waals surface area (Å²) in [5, 5.41) is -0.367. The van der Waals surface area contributed by atoms with E-state index in [9.17, 15) is 26.3 Å². The molecule has 1 unspecified atom stereocenters. The van der Waals surface area contributed by atoms with Crippen LogP contribution in [-0.4, -0.2) is 12.8 Å². The molecule has 0 aliphatic heterocycles. The van der Waals surface area contributed by atoms with Gasteiger partial charge in [-0.05, 0) is 34.1 Å². The van der Waals surface area contributed by atoms with Crippen LogP contribution >= 0.6 is 27.5 Å². The second-order valence-electron chi connectivity index (χ2n) is 3.15. The molecule has 0 aliphatic carbocycles. The zero-order chi connectivity index (χ0) is 14.1. The third-order valence-electron chi connectivity index (χ3n) is 1.76. The molecule has 0 saturated carbocycles. The van der Waals surface area contributed by atoms with Crippen molar-refractivity contribution < 1.29 is 31.1 Å². The van der Waals surface area contributed by atoms with E-state index in [1.54, 1.807) is 0 Å². The molecule has 1 atom stereocenters. The van der Waals surface area contributed by atoms with E-state index >= 15 is 0 Å². The first kappa shape index (κ1) is 15.4. The summed E-state index contributed by atoms with van der Waals surface area (Å²) in [5.41, 5.74) is -0.774. The summed E-state index contributed by atoms with van der Waals surface area (Å²) in [6, 6.07) is 1.99. The number of ether oxygens (including phenoxy) is 1. The van der Waals surface area contributed by atoms with Crippen LogP contribution in [0.25, 0.3) is 0 Å². The largest absolute Gasteiger partial charge is 0.573 e. The number of rotatable bonds is 3. The molecule has 1 aromatic carbocycles. The zero-order valence-electron chi connectivity index (χ0n) is 8.24. The molecule has 0 bridgehead atoms. The first-order valence-corrected chi connectivity index (χ1v) is 5.42. The highest BCUT2D eigenvalue weighted by Gasteiger charge is 2.40. The molecule has 0 radical (unpaired) electrons. The molecule has 18 heavy (non-hydrogen) atoms. The SMILES string of the molecule is FC(F)C(F)(Br)c1cc(Cl)cc(OC(F)(F)F)c1. The van der Waals surface area contributed by atoms with Crippen molar-refractivity contribution in [3.63, 3.8) is 0 Å². The quantitative estimate of drug-likeness (QED) is 0.545. The lowest BCUT2D eigenvalue weighted by Crippen LogP contribution is -2.22. The summed E-state index contributed by atoms with van der Waals surface area (Å²) in [6.45, 7) is 0. The molecule has 0 fully saturated rings. The fourth-order valence-corrected chi connectivity index (χ4v) is 1.53. The lowest BCUT2D eigenvalue weighted by atomic mass is 10.1. The molecular weight excluding hydrogens is 353 g/mol. The maximum absolute atomic E-state index is 13.5. The molecule has 0 aliphatic rings. The Kier molecular flexibility index (Phi) is 4.42. The number of hydrogen-bond acceptors (Lipinski definition) is 1. The van der Waals surface area contributed by atoms with Gasteiger partial charge in [-0.1, -0.05) is 11.6 Å². The highest BCUT2D eigenvalue weighted by atomic mass is 79.9. The minimum Gasteiger partial charge on any atom is -0.406 e. The van der Waals surface area contributed by atoms with Gasteiger partial charge < -0.3 is 4.74 Å². The van der Waals surface area contributed by atoms with Gasteiger partial charge in [-0.25, -0.2) is 13.2 Å². The van der Waals surface area contributed by atoms with Gasteiger partial charge in [0, 0.05) is 10.6 Å². The van der Waals surface area contributed by atoms with E-state index in [1.165, 1.54) is 0 Å². The van der Waals surface area contributed by atoms with E-state index in [0.29, 0.717) is 6.07 Å². The second kappa shape index (κ2) is 5.16. The van der Waals surface area contributed by atoms with Crippen molar-refractivity contribution in [1.82, 2.24) is 0 Å². The average Bonchev–Trinajstić information content (AvgIpc) is 2.13. The molecule has 0 amide bonds. The second-order valence-corrected chi connectivity index (χ2v) is 4.74. The molecule has 0 aromatic heterocycles. The molecule has 0 saturated heterocycles. The van der Waals surface area contributed by atoms with E-state index in [-0.39, 0.29) is 5.02 Å². The molecular formula is C9H4BrClF6O. The predicted molar refractivity (Wildman–Crippen MR) is 55.9 cm³/mol. The number of hydrogen-bond donors (Lipinski definition) is 0. The van der Waals surface area contributed by atoms with Crippen molar-refractivity contribution in [2.24, 2.45) is 0 Å². The number of benzene rings is 1. The molecule has 0 spiro atoms. The topological polar surface area (TPSA) is 9.23 Å². The lowest BCUT2D eigenvalue weighted by Gasteiger charge is -2.19. The molecule has 0 heterocycles. The van der Waals surface area contributed by atoms with Gasteiger partial charge in [0.15, 0.2) is 0 Å². The Bertz CT molecular complexity index is 434. The fraction of sp³-hybridized carbons (Fsp3) is 0.333. The van der Waals surface area contributed by atoms with Crippen molar-refractivity contribution in [3.05, 3.63) is 28.8 Å². The van der Waals surface area contributed by atoms with E-state index in [2.05, 4.69) is 20.7 Å². The molecule has 1 rings (SSSR count). The maximum atomic E-state index is 13.5. The Hall–Kier alpha value is -0.630. The van der Waals surface area contributed by atoms with Gasteiger partial charge in [0.05, 0.1) is 0 Å². The molecule has 0 N–H and O–H groups in total. The molecule has 1 aromatic rings. The minimum atomic E-state index is -5.03. The fourth-order valence-electron chi connectivity index (χ4n) is 1.07. The Morgan fingerprint density at radius 1 is 1.11 bits per heavy atom. The van der Waals surface area contributed by atoms with Crippen molar-refractivity contribution in [3.8, 4) is 5.75 Å². The van der Waals surface area contributed by atoms with Crippen LogP contribution in [0.1, 0.15) is 5.56 Å². The standard InChI is InChI=1S/C9H4BrClF6O/c10-8(14,7(12)13)4-1-5(11)3-6(2-4)18-9(15,16)17/h1-3,7H. The number of alkyl halides is 7. The molecule has 102 valence electrons. The Morgan fingerprint density at radius 2 is 1.67 bits per heavy atom. The summed E-state index contributed by atoms with van der Waals surface area (Å²) >= 11 is 7.50. The van der Waals surface area contributed by atoms with Crippen LogP contribution < -0.4 is 4.74 Å². The zero-order valence-corrected chi connectivity index (χ0v) is 10.6. The van der Waals surface area contributed by atoms with Gasteiger partial charge in [-0.2, -0.15) is 0 Å². The van der Waals surface area contributed by atoms with Crippen molar-refractivity contribution in [2.45, 2.75) is 17.4 Å². The maximum Gasteiger partial charge on any atom is 0.573 e.